The molecule has 0 atom stereocenters. The fourth-order valence-electron chi connectivity index (χ4n) is 4.70. The topological polar surface area (TPSA) is 0 Å². The van der Waals surface area contributed by atoms with Gasteiger partial charge in [0.05, 0.1) is 0 Å². The molecule has 5 aromatic rings. The van der Waals surface area contributed by atoms with E-state index < -0.39 is 14.5 Å². The van der Waals surface area contributed by atoms with Crippen molar-refractivity contribution in [1.29, 1.82) is 0 Å². The van der Waals surface area contributed by atoms with Crippen LogP contribution in [0.1, 0.15) is 0 Å². The zero-order chi connectivity index (χ0) is 34.1. The van der Waals surface area contributed by atoms with Gasteiger partial charge in [-0.3, -0.25) is 0 Å². The van der Waals surface area contributed by atoms with E-state index in [1.54, 1.807) is 5.30 Å². The van der Waals surface area contributed by atoms with Gasteiger partial charge < -0.3 is 34.5 Å². The minimum absolute atomic E-state index is 0. The molecule has 5 rings (SSSR count). The number of halogens is 8. The molecule has 0 spiro atoms. The van der Waals surface area contributed by atoms with Gasteiger partial charge >= 0.3 is 35.6 Å². The van der Waals surface area contributed by atoms with Crippen molar-refractivity contribution in [2.24, 2.45) is 0 Å². The van der Waals surface area contributed by atoms with Crippen molar-refractivity contribution >= 4 is 64.8 Å². The van der Waals surface area contributed by atoms with E-state index in [0.29, 0.717) is 0 Å². The molecule has 0 bridgehead atoms. The molecule has 0 fully saturated rings. The SMILES string of the molecule is F[B-](F)(F)F.F[B-](F)(F)F.[Pt+2].c1ccc(P(CCP(c2ccccc2)c2ccccc2)CCP(c2ccccc2)c2ccccc2)cc1. The van der Waals surface area contributed by atoms with Crippen LogP contribution in [0.25, 0.3) is 0 Å². The van der Waals surface area contributed by atoms with Crippen LogP contribution in [0.4, 0.5) is 34.5 Å². The minimum atomic E-state index is -6.00. The zero-order valence-electron chi connectivity index (χ0n) is 25.6. The maximum Gasteiger partial charge on any atom is 2.00 e. The molecule has 5 aromatic carbocycles. The number of rotatable bonds is 11. The molecule has 14 heteroatoms. The van der Waals surface area contributed by atoms with Gasteiger partial charge in [-0.15, -0.1) is 0 Å². The molecule has 0 radical (unpaired) electrons. The summed E-state index contributed by atoms with van der Waals surface area (Å²) in [7, 11) is -13.0. The van der Waals surface area contributed by atoms with Gasteiger partial charge in [0, 0.05) is 0 Å². The largest absolute Gasteiger partial charge is 2.00 e. The van der Waals surface area contributed by atoms with Gasteiger partial charge in [-0.25, -0.2) is 0 Å². The zero-order valence-corrected chi connectivity index (χ0v) is 30.6. The van der Waals surface area contributed by atoms with Crippen LogP contribution in [-0.4, -0.2) is 39.2 Å². The van der Waals surface area contributed by atoms with Gasteiger partial charge in [0.25, 0.3) is 0 Å². The van der Waals surface area contributed by atoms with Crippen molar-refractivity contribution in [2.75, 3.05) is 24.6 Å². The second-order valence-corrected chi connectivity index (χ2v) is 17.1. The van der Waals surface area contributed by atoms with Crippen molar-refractivity contribution < 1.29 is 55.6 Å². The number of hydrogen-bond acceptors (Lipinski definition) is 0. The van der Waals surface area contributed by atoms with E-state index in [1.807, 2.05) is 0 Å². The molecule has 0 heterocycles. The Bertz CT molecular complexity index is 1350. The molecule has 0 unspecified atom stereocenters. The molecule has 0 nitrogen and oxygen atoms in total. The molecule has 0 amide bonds. The number of hydrogen-bond donors (Lipinski definition) is 0. The van der Waals surface area contributed by atoms with Crippen molar-refractivity contribution in [3.8, 4) is 0 Å². The van der Waals surface area contributed by atoms with Gasteiger partial charge in [0.15, 0.2) is 0 Å². The summed E-state index contributed by atoms with van der Waals surface area (Å²) in [5, 5.41) is 7.50. The Kier molecular flexibility index (Phi) is 18.9. The summed E-state index contributed by atoms with van der Waals surface area (Å²) < 4.78 is 78.0. The van der Waals surface area contributed by atoms with Crippen LogP contribution in [0.3, 0.4) is 0 Å². The maximum atomic E-state index is 9.75. The molecule has 0 N–H and O–H groups in total. The van der Waals surface area contributed by atoms with Gasteiger partial charge in [-0.2, -0.15) is 0 Å². The monoisotopic (exact) mass is 903 g/mol. The molecule has 256 valence electrons. The first kappa shape index (κ1) is 41.8. The van der Waals surface area contributed by atoms with Crippen molar-refractivity contribution in [1.82, 2.24) is 0 Å². The second-order valence-electron chi connectivity index (χ2n) is 9.96. The fraction of sp³-hybridized carbons (Fsp3) is 0.118. The average Bonchev–Trinajstić information content (AvgIpc) is 3.05. The summed E-state index contributed by atoms with van der Waals surface area (Å²) in [5.74, 6) is 0. The van der Waals surface area contributed by atoms with E-state index in [2.05, 4.69) is 152 Å². The Morgan fingerprint density at radius 2 is 0.500 bits per heavy atom. The molecule has 48 heavy (non-hydrogen) atoms. The summed E-state index contributed by atoms with van der Waals surface area (Å²) in [6.07, 6.45) is 5.00. The van der Waals surface area contributed by atoms with Crippen LogP contribution in [-0.2, 0) is 21.1 Å². The van der Waals surface area contributed by atoms with Crippen LogP contribution in [0.5, 0.6) is 0 Å². The summed E-state index contributed by atoms with van der Waals surface area (Å²) in [6.45, 7) is 0. The van der Waals surface area contributed by atoms with Crippen LogP contribution in [0.2, 0.25) is 0 Å². The molecule has 0 aliphatic heterocycles. The Labute approximate surface area is 295 Å². The first-order valence-electron chi connectivity index (χ1n) is 14.7. The first-order valence-corrected chi connectivity index (χ1v) is 19.4. The predicted octanol–water partition coefficient (Wildman–Crippen LogP) is 9.66. The van der Waals surface area contributed by atoms with E-state index in [-0.39, 0.29) is 44.8 Å². The van der Waals surface area contributed by atoms with E-state index in [9.17, 15) is 34.5 Å². The Hall–Kier alpha value is -2.35. The summed E-state index contributed by atoms with van der Waals surface area (Å²) in [6, 6.07) is 56.0. The molecule has 0 aliphatic rings. The molecule has 0 saturated carbocycles. The van der Waals surface area contributed by atoms with E-state index in [4.69, 9.17) is 0 Å². The molecule has 0 saturated heterocycles. The van der Waals surface area contributed by atoms with Crippen LogP contribution in [0.15, 0.2) is 152 Å². The second kappa shape index (κ2) is 21.7. The van der Waals surface area contributed by atoms with E-state index >= 15 is 0 Å². The summed E-state index contributed by atoms with van der Waals surface area (Å²) in [5.41, 5.74) is 0. The molecule has 0 aromatic heterocycles. The summed E-state index contributed by atoms with van der Waals surface area (Å²) >= 11 is 0. The maximum absolute atomic E-state index is 9.75. The van der Waals surface area contributed by atoms with Crippen LogP contribution < -0.4 is 26.5 Å². The quantitative estimate of drug-likeness (QED) is 0.0705. The van der Waals surface area contributed by atoms with Gasteiger partial charge in [-0.05, 0) is 67.0 Å². The Morgan fingerprint density at radius 3 is 0.708 bits per heavy atom. The smallest absolute Gasteiger partial charge is 0.418 e. The average molecular weight is 903 g/mol. The third-order valence-electron chi connectivity index (χ3n) is 6.58. The summed E-state index contributed by atoms with van der Waals surface area (Å²) in [4.78, 5) is 0. The van der Waals surface area contributed by atoms with Crippen molar-refractivity contribution in [3.63, 3.8) is 0 Å². The van der Waals surface area contributed by atoms with Gasteiger partial charge in [-0.1, -0.05) is 160 Å². The van der Waals surface area contributed by atoms with Gasteiger partial charge in [0.2, 0.25) is 0 Å². The molecular formula is C34H33B2F8P3Pt. The van der Waals surface area contributed by atoms with Crippen molar-refractivity contribution in [3.05, 3.63) is 152 Å². The normalized spacial score (nSPS) is 11.2. The van der Waals surface area contributed by atoms with E-state index in [1.165, 1.54) is 45.9 Å². The first-order chi connectivity index (χ1) is 22.4. The predicted molar refractivity (Wildman–Crippen MR) is 191 cm³/mol. The minimum Gasteiger partial charge on any atom is -0.418 e. The van der Waals surface area contributed by atoms with Crippen molar-refractivity contribution in [2.45, 2.75) is 0 Å². The Morgan fingerprint density at radius 1 is 0.312 bits per heavy atom. The van der Waals surface area contributed by atoms with Crippen LogP contribution in [0, 0.1) is 0 Å². The standard InChI is InChI=1S/C34H33P3.2BF4.Pt/c1-6-16-30(17-7-1)35(26-28-36(31-18-8-2-9-19-31)32-20-10-3-11-21-32)27-29-37(33-22-12-4-13-23-33)34-24-14-5-15-25-34;2*2-1(3,4)5;/h1-25H,26-29H2;;;/q;2*-1;+2. The third kappa shape index (κ3) is 17.3. The molecular weight excluding hydrogens is 870 g/mol. The van der Waals surface area contributed by atoms with E-state index in [0.717, 1.165) is 0 Å². The third-order valence-corrected chi connectivity index (χ3v) is 14.9. The molecule has 0 aliphatic carbocycles. The van der Waals surface area contributed by atoms with Gasteiger partial charge in [0.1, 0.15) is 0 Å². The fourth-order valence-corrected chi connectivity index (χ4v) is 13.3. The number of benzene rings is 5. The van der Waals surface area contributed by atoms with Crippen LogP contribution >= 0.6 is 23.8 Å². The Balaban J connectivity index is 0.000000639.